The Hall–Kier alpha value is -0.0800. The summed E-state index contributed by atoms with van der Waals surface area (Å²) in [7, 11) is 0. The molecule has 0 saturated heterocycles. The van der Waals surface area contributed by atoms with Crippen molar-refractivity contribution in [3.05, 3.63) is 0 Å². The molecule has 0 bridgehead atoms. The van der Waals surface area contributed by atoms with Gasteiger partial charge in [0.25, 0.3) is 0 Å². The van der Waals surface area contributed by atoms with E-state index in [0.717, 1.165) is 24.2 Å². The Bertz CT molecular complexity index is 184. The lowest BCUT2D eigenvalue weighted by molar-refractivity contribution is -0.286. The molecule has 5 atom stereocenters. The van der Waals surface area contributed by atoms with Crippen LogP contribution < -0.4 is 5.73 Å². The standard InChI is InChI=1S/C8H13NO/c9-8(10)3-6-4-1-2-5(4)7(6)8/h4-7,10H,1-3,9H2. The van der Waals surface area contributed by atoms with Crippen LogP contribution in [-0.4, -0.2) is 10.8 Å². The van der Waals surface area contributed by atoms with Crippen LogP contribution in [0.3, 0.4) is 0 Å². The molecular weight excluding hydrogens is 126 g/mol. The fourth-order valence-corrected chi connectivity index (χ4v) is 3.34. The van der Waals surface area contributed by atoms with E-state index in [2.05, 4.69) is 0 Å². The minimum Gasteiger partial charge on any atom is -0.376 e. The van der Waals surface area contributed by atoms with Crippen LogP contribution in [0.1, 0.15) is 19.3 Å². The van der Waals surface area contributed by atoms with Crippen LogP contribution >= 0.6 is 0 Å². The molecule has 3 fully saturated rings. The molecule has 0 aliphatic heterocycles. The molecule has 3 aliphatic rings. The summed E-state index contributed by atoms with van der Waals surface area (Å²) < 4.78 is 0. The Morgan fingerprint density at radius 1 is 1.20 bits per heavy atom. The molecule has 10 heavy (non-hydrogen) atoms. The fraction of sp³-hybridized carbons (Fsp3) is 1.00. The number of hydrogen-bond donors (Lipinski definition) is 2. The highest BCUT2D eigenvalue weighted by Gasteiger charge is 2.68. The first-order chi connectivity index (χ1) is 4.70. The fourth-order valence-electron chi connectivity index (χ4n) is 3.34. The summed E-state index contributed by atoms with van der Waals surface area (Å²) in [5.41, 5.74) is 4.89. The van der Waals surface area contributed by atoms with Gasteiger partial charge in [-0.1, -0.05) is 0 Å². The van der Waals surface area contributed by atoms with Crippen molar-refractivity contribution < 1.29 is 5.11 Å². The van der Waals surface area contributed by atoms with Crippen LogP contribution in [-0.2, 0) is 0 Å². The molecular formula is C8H13NO. The zero-order valence-corrected chi connectivity index (χ0v) is 5.96. The Morgan fingerprint density at radius 2 is 1.90 bits per heavy atom. The van der Waals surface area contributed by atoms with Gasteiger partial charge in [-0.3, -0.25) is 0 Å². The topological polar surface area (TPSA) is 46.2 Å². The average Bonchev–Trinajstić information content (AvgIpc) is 1.79. The molecule has 2 heteroatoms. The van der Waals surface area contributed by atoms with Crippen molar-refractivity contribution in [2.45, 2.75) is 25.0 Å². The van der Waals surface area contributed by atoms with E-state index in [1.54, 1.807) is 0 Å². The monoisotopic (exact) mass is 139 g/mol. The summed E-state index contributed by atoms with van der Waals surface area (Å²) in [6.45, 7) is 0. The maximum Gasteiger partial charge on any atom is 0.117 e. The quantitative estimate of drug-likeness (QED) is 0.474. The molecule has 3 saturated carbocycles. The SMILES string of the molecule is NC1(O)CC2C3CCC3C21. The first kappa shape index (κ1) is 5.56. The van der Waals surface area contributed by atoms with Crippen molar-refractivity contribution >= 4 is 0 Å². The Balaban J connectivity index is 1.84. The average molecular weight is 139 g/mol. The largest absolute Gasteiger partial charge is 0.376 e. The maximum absolute atomic E-state index is 9.50. The third-order valence-corrected chi connectivity index (χ3v) is 4.00. The molecule has 3 rings (SSSR count). The smallest absolute Gasteiger partial charge is 0.117 e. The van der Waals surface area contributed by atoms with E-state index in [-0.39, 0.29) is 0 Å². The molecule has 3 N–H and O–H groups in total. The summed E-state index contributed by atoms with van der Waals surface area (Å²) in [5.74, 6) is 3.09. The number of fused-ring (bicyclic) bond motifs is 4. The summed E-state index contributed by atoms with van der Waals surface area (Å²) in [6.07, 6.45) is 3.60. The predicted molar refractivity (Wildman–Crippen MR) is 36.9 cm³/mol. The van der Waals surface area contributed by atoms with E-state index >= 15 is 0 Å². The van der Waals surface area contributed by atoms with Crippen LogP contribution in [0.15, 0.2) is 0 Å². The van der Waals surface area contributed by atoms with Crippen molar-refractivity contribution in [1.82, 2.24) is 0 Å². The third-order valence-electron chi connectivity index (χ3n) is 4.00. The minimum atomic E-state index is -0.758. The van der Waals surface area contributed by atoms with Crippen molar-refractivity contribution in [3.63, 3.8) is 0 Å². The van der Waals surface area contributed by atoms with Crippen LogP contribution in [0.5, 0.6) is 0 Å². The van der Waals surface area contributed by atoms with Crippen LogP contribution in [0.4, 0.5) is 0 Å². The zero-order chi connectivity index (χ0) is 6.93. The lowest BCUT2D eigenvalue weighted by Crippen LogP contribution is -2.75. The molecule has 3 aliphatic carbocycles. The van der Waals surface area contributed by atoms with E-state index in [4.69, 9.17) is 5.73 Å². The Kier molecular flexibility index (Phi) is 0.710. The highest BCUT2D eigenvalue weighted by atomic mass is 16.3. The van der Waals surface area contributed by atoms with Crippen LogP contribution in [0, 0.1) is 23.7 Å². The molecule has 2 nitrogen and oxygen atoms in total. The molecule has 0 heterocycles. The molecule has 0 radical (unpaired) electrons. The molecule has 0 aromatic heterocycles. The highest BCUT2D eigenvalue weighted by Crippen LogP contribution is 2.69. The van der Waals surface area contributed by atoms with Gasteiger partial charge in [0.05, 0.1) is 0 Å². The van der Waals surface area contributed by atoms with Gasteiger partial charge in [0.15, 0.2) is 0 Å². The molecule has 0 aromatic carbocycles. The molecule has 0 spiro atoms. The van der Waals surface area contributed by atoms with Gasteiger partial charge < -0.3 is 10.8 Å². The number of nitrogens with two attached hydrogens (primary N) is 1. The van der Waals surface area contributed by atoms with Crippen LogP contribution in [0.25, 0.3) is 0 Å². The summed E-state index contributed by atoms with van der Waals surface area (Å²) in [5, 5.41) is 9.50. The van der Waals surface area contributed by atoms with E-state index in [9.17, 15) is 5.11 Å². The first-order valence-corrected chi connectivity index (χ1v) is 4.21. The van der Waals surface area contributed by atoms with Gasteiger partial charge in [0, 0.05) is 5.92 Å². The molecule has 5 unspecified atom stereocenters. The van der Waals surface area contributed by atoms with Gasteiger partial charge in [-0.05, 0) is 37.0 Å². The summed E-state index contributed by atoms with van der Waals surface area (Å²) >= 11 is 0. The Labute approximate surface area is 60.4 Å². The van der Waals surface area contributed by atoms with Gasteiger partial charge in [0.2, 0.25) is 0 Å². The molecule has 0 aromatic rings. The van der Waals surface area contributed by atoms with Gasteiger partial charge >= 0.3 is 0 Å². The van der Waals surface area contributed by atoms with Gasteiger partial charge in [-0.25, -0.2) is 0 Å². The third kappa shape index (κ3) is 0.372. The first-order valence-electron chi connectivity index (χ1n) is 4.21. The number of hydrogen-bond acceptors (Lipinski definition) is 2. The van der Waals surface area contributed by atoms with Crippen molar-refractivity contribution in [2.75, 3.05) is 0 Å². The molecule has 56 valence electrons. The lowest BCUT2D eigenvalue weighted by Gasteiger charge is -2.71. The summed E-state index contributed by atoms with van der Waals surface area (Å²) in [6, 6.07) is 0. The van der Waals surface area contributed by atoms with E-state index in [1.165, 1.54) is 12.8 Å². The molecule has 0 amide bonds. The Morgan fingerprint density at radius 3 is 2.20 bits per heavy atom. The van der Waals surface area contributed by atoms with E-state index in [1.807, 2.05) is 0 Å². The van der Waals surface area contributed by atoms with Gasteiger partial charge in [0.1, 0.15) is 5.72 Å². The lowest BCUT2D eigenvalue weighted by atomic mass is 9.36. The van der Waals surface area contributed by atoms with E-state index < -0.39 is 5.72 Å². The predicted octanol–water partition coefficient (Wildman–Crippen LogP) is 0.310. The maximum atomic E-state index is 9.50. The zero-order valence-electron chi connectivity index (χ0n) is 5.96. The minimum absolute atomic E-state index is 0.492. The highest BCUT2D eigenvalue weighted by molar-refractivity contribution is 5.16. The van der Waals surface area contributed by atoms with Gasteiger partial charge in [-0.2, -0.15) is 0 Å². The number of rotatable bonds is 0. The second kappa shape index (κ2) is 1.28. The second-order valence-corrected chi connectivity index (χ2v) is 4.29. The van der Waals surface area contributed by atoms with Crippen molar-refractivity contribution in [3.8, 4) is 0 Å². The number of aliphatic hydroxyl groups is 1. The van der Waals surface area contributed by atoms with Crippen LogP contribution in [0.2, 0.25) is 0 Å². The normalized spacial score (nSPS) is 70.2. The van der Waals surface area contributed by atoms with E-state index in [0.29, 0.717) is 5.92 Å². The second-order valence-electron chi connectivity index (χ2n) is 4.29. The summed E-state index contributed by atoms with van der Waals surface area (Å²) in [4.78, 5) is 0. The van der Waals surface area contributed by atoms with Gasteiger partial charge in [-0.15, -0.1) is 0 Å². The van der Waals surface area contributed by atoms with Crippen molar-refractivity contribution in [2.24, 2.45) is 29.4 Å². The van der Waals surface area contributed by atoms with Crippen molar-refractivity contribution in [1.29, 1.82) is 0 Å².